The maximum atomic E-state index is 8.32. The van der Waals surface area contributed by atoms with Gasteiger partial charge in [0.05, 0.1) is 6.07 Å². The Morgan fingerprint density at radius 1 is 1.27 bits per heavy atom. The summed E-state index contributed by atoms with van der Waals surface area (Å²) in [6, 6.07) is 9.99. The van der Waals surface area contributed by atoms with Gasteiger partial charge >= 0.3 is 0 Å². The van der Waals surface area contributed by atoms with Crippen molar-refractivity contribution in [1.82, 2.24) is 0 Å². The van der Waals surface area contributed by atoms with Crippen LogP contribution in [-0.2, 0) is 6.42 Å². The number of thiol groups is 1. The molecule has 1 aromatic carbocycles. The van der Waals surface area contributed by atoms with E-state index in [4.69, 9.17) is 5.26 Å². The lowest BCUT2D eigenvalue weighted by Crippen LogP contribution is -1.81. The maximum absolute atomic E-state index is 8.32. The molecule has 0 atom stereocenters. The van der Waals surface area contributed by atoms with Gasteiger partial charge in [-0.2, -0.15) is 5.26 Å². The van der Waals surface area contributed by atoms with Gasteiger partial charge in [0.25, 0.3) is 0 Å². The molecule has 0 aliphatic carbocycles. The minimum absolute atomic E-state index is 0.589. The topological polar surface area (TPSA) is 23.8 Å². The Morgan fingerprint density at radius 2 is 1.91 bits per heavy atom. The molecule has 0 saturated carbocycles. The van der Waals surface area contributed by atoms with Crippen LogP contribution in [0, 0.1) is 11.3 Å². The van der Waals surface area contributed by atoms with Gasteiger partial charge < -0.3 is 0 Å². The Kier molecular flexibility index (Phi) is 3.00. The summed E-state index contributed by atoms with van der Waals surface area (Å²) in [4.78, 5) is 0.964. The van der Waals surface area contributed by atoms with E-state index in [1.54, 1.807) is 0 Å². The summed E-state index contributed by atoms with van der Waals surface area (Å²) in [6.07, 6.45) is 1.43. The highest BCUT2D eigenvalue weighted by Crippen LogP contribution is 2.08. The molecule has 0 bridgehead atoms. The summed E-state index contributed by atoms with van der Waals surface area (Å²) in [5, 5.41) is 8.32. The van der Waals surface area contributed by atoms with E-state index in [1.165, 1.54) is 5.56 Å². The Morgan fingerprint density at radius 3 is 2.45 bits per heavy atom. The van der Waals surface area contributed by atoms with Gasteiger partial charge in [0.15, 0.2) is 0 Å². The smallest absolute Gasteiger partial charge is 0.0625 e. The number of benzene rings is 1. The molecule has 0 radical (unpaired) electrons. The molecule has 0 N–H and O–H groups in total. The zero-order valence-electron chi connectivity index (χ0n) is 6.12. The van der Waals surface area contributed by atoms with Gasteiger partial charge in [-0.25, -0.2) is 0 Å². The van der Waals surface area contributed by atoms with E-state index in [-0.39, 0.29) is 0 Å². The van der Waals surface area contributed by atoms with Crippen molar-refractivity contribution in [2.45, 2.75) is 17.7 Å². The zero-order valence-corrected chi connectivity index (χ0v) is 7.01. The molecule has 56 valence electrons. The number of rotatable bonds is 2. The van der Waals surface area contributed by atoms with Crippen LogP contribution < -0.4 is 0 Å². The summed E-state index contributed by atoms with van der Waals surface area (Å²) in [6.45, 7) is 0. The second-order valence-electron chi connectivity index (χ2n) is 2.32. The lowest BCUT2D eigenvalue weighted by atomic mass is 10.1. The Labute approximate surface area is 72.1 Å². The molecule has 0 amide bonds. The quantitative estimate of drug-likeness (QED) is 0.665. The lowest BCUT2D eigenvalue weighted by Gasteiger charge is -1.95. The number of hydrogen-bond donors (Lipinski definition) is 1. The van der Waals surface area contributed by atoms with E-state index in [2.05, 4.69) is 18.7 Å². The van der Waals surface area contributed by atoms with E-state index in [0.717, 1.165) is 11.3 Å². The van der Waals surface area contributed by atoms with E-state index in [9.17, 15) is 0 Å². The Hall–Kier alpha value is -0.940. The van der Waals surface area contributed by atoms with Crippen LogP contribution >= 0.6 is 12.6 Å². The molecule has 0 aromatic heterocycles. The molecule has 0 saturated heterocycles. The van der Waals surface area contributed by atoms with Crippen molar-refractivity contribution < 1.29 is 0 Å². The Balaban J connectivity index is 2.60. The van der Waals surface area contributed by atoms with Gasteiger partial charge in [0.1, 0.15) is 0 Å². The van der Waals surface area contributed by atoms with Crippen LogP contribution in [0.4, 0.5) is 0 Å². The Bertz CT molecular complexity index is 258. The van der Waals surface area contributed by atoms with Crippen molar-refractivity contribution in [3.63, 3.8) is 0 Å². The second-order valence-corrected chi connectivity index (χ2v) is 2.84. The molecule has 1 rings (SSSR count). The molecule has 0 spiro atoms. The monoisotopic (exact) mass is 163 g/mol. The molecule has 0 fully saturated rings. The average Bonchev–Trinajstić information content (AvgIpc) is 2.04. The first-order valence-electron chi connectivity index (χ1n) is 3.48. The molecule has 2 heteroatoms. The predicted octanol–water partition coefficient (Wildman–Crippen LogP) is 2.43. The van der Waals surface area contributed by atoms with Crippen molar-refractivity contribution in [1.29, 1.82) is 5.26 Å². The number of nitriles is 1. The van der Waals surface area contributed by atoms with Gasteiger partial charge in [0.2, 0.25) is 0 Å². The summed E-state index contributed by atoms with van der Waals surface area (Å²) in [7, 11) is 0. The van der Waals surface area contributed by atoms with Gasteiger partial charge in [-0.05, 0) is 24.1 Å². The molecule has 0 aliphatic heterocycles. The molecule has 0 heterocycles. The van der Waals surface area contributed by atoms with Crippen LogP contribution in [-0.4, -0.2) is 0 Å². The van der Waals surface area contributed by atoms with Gasteiger partial charge in [-0.1, -0.05) is 12.1 Å². The fourth-order valence-electron chi connectivity index (χ4n) is 0.863. The number of nitrogens with zero attached hydrogens (tertiary/aromatic N) is 1. The van der Waals surface area contributed by atoms with Crippen LogP contribution in [0.3, 0.4) is 0 Å². The SMILES string of the molecule is N#CCCc1ccc(S)cc1. The normalized spacial score (nSPS) is 9.09. The summed E-state index contributed by atoms with van der Waals surface area (Å²) in [5.74, 6) is 0. The third-order valence-electron chi connectivity index (χ3n) is 1.46. The third kappa shape index (κ3) is 2.65. The number of hydrogen-bond acceptors (Lipinski definition) is 2. The first-order chi connectivity index (χ1) is 5.33. The average molecular weight is 163 g/mol. The molecule has 1 aromatic rings. The largest absolute Gasteiger partial charge is 0.198 e. The lowest BCUT2D eigenvalue weighted by molar-refractivity contribution is 1.01. The standard InChI is InChI=1S/C9H9NS/c10-7-1-2-8-3-5-9(11)6-4-8/h3-6,11H,1-2H2. The minimum Gasteiger partial charge on any atom is -0.198 e. The first kappa shape index (κ1) is 8.16. The molecular weight excluding hydrogens is 154 g/mol. The summed E-state index contributed by atoms with van der Waals surface area (Å²) >= 11 is 4.16. The van der Waals surface area contributed by atoms with E-state index in [1.807, 2.05) is 24.3 Å². The number of aryl methyl sites for hydroxylation is 1. The highest BCUT2D eigenvalue weighted by atomic mass is 32.1. The predicted molar refractivity (Wildman–Crippen MR) is 47.6 cm³/mol. The van der Waals surface area contributed by atoms with Crippen LogP contribution in [0.15, 0.2) is 29.2 Å². The molecule has 0 aliphatic rings. The molecule has 0 unspecified atom stereocenters. The summed E-state index contributed by atoms with van der Waals surface area (Å²) in [5.41, 5.74) is 1.20. The summed E-state index contributed by atoms with van der Waals surface area (Å²) < 4.78 is 0. The van der Waals surface area contributed by atoms with Crippen molar-refractivity contribution in [3.8, 4) is 6.07 Å². The minimum atomic E-state index is 0.589. The van der Waals surface area contributed by atoms with E-state index in [0.29, 0.717) is 6.42 Å². The van der Waals surface area contributed by atoms with Gasteiger partial charge in [0, 0.05) is 11.3 Å². The molecule has 1 nitrogen and oxygen atoms in total. The van der Waals surface area contributed by atoms with Gasteiger partial charge in [-0.15, -0.1) is 12.6 Å². The van der Waals surface area contributed by atoms with Gasteiger partial charge in [-0.3, -0.25) is 0 Å². The fraction of sp³-hybridized carbons (Fsp3) is 0.222. The highest BCUT2D eigenvalue weighted by molar-refractivity contribution is 7.80. The van der Waals surface area contributed by atoms with Crippen molar-refractivity contribution in [2.75, 3.05) is 0 Å². The van der Waals surface area contributed by atoms with E-state index < -0.39 is 0 Å². The van der Waals surface area contributed by atoms with Crippen LogP contribution in [0.2, 0.25) is 0 Å². The zero-order chi connectivity index (χ0) is 8.10. The van der Waals surface area contributed by atoms with Crippen molar-refractivity contribution in [2.24, 2.45) is 0 Å². The van der Waals surface area contributed by atoms with Crippen LogP contribution in [0.25, 0.3) is 0 Å². The van der Waals surface area contributed by atoms with E-state index >= 15 is 0 Å². The first-order valence-corrected chi connectivity index (χ1v) is 3.92. The van der Waals surface area contributed by atoms with Crippen molar-refractivity contribution >= 4 is 12.6 Å². The van der Waals surface area contributed by atoms with Crippen LogP contribution in [0.1, 0.15) is 12.0 Å². The maximum Gasteiger partial charge on any atom is 0.0625 e. The fourth-order valence-corrected chi connectivity index (χ4v) is 1.01. The highest BCUT2D eigenvalue weighted by Gasteiger charge is 1.90. The molecule has 11 heavy (non-hydrogen) atoms. The van der Waals surface area contributed by atoms with Crippen LogP contribution in [0.5, 0.6) is 0 Å². The van der Waals surface area contributed by atoms with Crippen molar-refractivity contribution in [3.05, 3.63) is 29.8 Å². The third-order valence-corrected chi connectivity index (χ3v) is 1.76. The second kappa shape index (κ2) is 4.05. The molecular formula is C9H9NS.